The molecule has 0 N–H and O–H groups in total. The Hall–Kier alpha value is -4.38. The van der Waals surface area contributed by atoms with Gasteiger partial charge in [0.1, 0.15) is 0 Å². The van der Waals surface area contributed by atoms with Crippen LogP contribution in [0.3, 0.4) is 0 Å². The molecule has 0 aliphatic carbocycles. The van der Waals surface area contributed by atoms with Crippen LogP contribution in [0.15, 0.2) is 72.8 Å². The first-order valence-corrected chi connectivity index (χ1v) is 17.2. The van der Waals surface area contributed by atoms with Crippen molar-refractivity contribution in [3.05, 3.63) is 89.7 Å². The molecule has 0 atom stereocenters. The molecule has 0 radical (unpaired) electrons. The van der Waals surface area contributed by atoms with E-state index < -0.39 is 0 Å². The molecule has 9 rings (SSSR count). The predicted molar refractivity (Wildman–Crippen MR) is 200 cm³/mol. The van der Waals surface area contributed by atoms with Gasteiger partial charge in [0.2, 0.25) is 0 Å². The second kappa shape index (κ2) is 9.15. The maximum atomic E-state index is 5.55. The molecule has 0 spiro atoms. The molecule has 5 heteroatoms. The van der Waals surface area contributed by atoms with Gasteiger partial charge >= 0.3 is 0 Å². The zero-order valence-electron chi connectivity index (χ0n) is 29.2. The largest absolute Gasteiger partial charge is 0.252 e. The highest BCUT2D eigenvalue weighted by molar-refractivity contribution is 7.00. The summed E-state index contributed by atoms with van der Waals surface area (Å²) in [6.45, 7) is 21.0. The fourth-order valence-corrected chi connectivity index (χ4v) is 8.42. The third-order valence-electron chi connectivity index (χ3n) is 10.3. The summed E-state index contributed by atoms with van der Waals surface area (Å²) in [5.74, 6) is 0. The Labute approximate surface area is 277 Å². The Bertz CT molecular complexity index is 2310. The highest BCUT2D eigenvalue weighted by Gasteiger charge is 2.43. The highest BCUT2D eigenvalue weighted by atomic mass is 15.3. The molecule has 4 heterocycles. The molecule has 0 saturated carbocycles. The van der Waals surface area contributed by atoms with Crippen LogP contribution in [0.4, 0.5) is 0 Å². The minimum absolute atomic E-state index is 0.0463. The maximum absolute atomic E-state index is 5.55. The third-order valence-corrected chi connectivity index (χ3v) is 10.3. The van der Waals surface area contributed by atoms with Crippen LogP contribution < -0.4 is 16.4 Å². The van der Waals surface area contributed by atoms with E-state index in [1.54, 1.807) is 0 Å². The topological polar surface area (TPSA) is 35.6 Å². The van der Waals surface area contributed by atoms with Gasteiger partial charge in [-0.1, -0.05) is 123 Å². The zero-order chi connectivity index (χ0) is 32.8. The highest BCUT2D eigenvalue weighted by Crippen LogP contribution is 2.40. The first-order chi connectivity index (χ1) is 22.2. The summed E-state index contributed by atoms with van der Waals surface area (Å²) in [5, 5.41) is 18.9. The molecule has 5 aromatic carbocycles. The summed E-state index contributed by atoms with van der Waals surface area (Å²) >= 11 is 0. The normalized spacial score (nSPS) is 14.2. The van der Waals surface area contributed by atoms with Crippen molar-refractivity contribution in [3.8, 4) is 11.4 Å². The van der Waals surface area contributed by atoms with E-state index in [9.17, 15) is 0 Å². The number of hydrogen-bond acceptors (Lipinski definition) is 2. The summed E-state index contributed by atoms with van der Waals surface area (Å²) in [5.41, 5.74) is 12.8. The van der Waals surface area contributed by atoms with Crippen molar-refractivity contribution in [2.24, 2.45) is 10.8 Å². The van der Waals surface area contributed by atoms with E-state index in [1.807, 2.05) is 0 Å². The van der Waals surface area contributed by atoms with Crippen LogP contribution in [0.5, 0.6) is 0 Å². The molecule has 0 amide bonds. The lowest BCUT2D eigenvalue weighted by Crippen LogP contribution is -2.59. The molecule has 234 valence electrons. The van der Waals surface area contributed by atoms with Gasteiger partial charge in [0.25, 0.3) is 6.71 Å². The minimum Gasteiger partial charge on any atom is -0.234 e. The summed E-state index contributed by atoms with van der Waals surface area (Å²) in [7, 11) is 0. The summed E-state index contributed by atoms with van der Waals surface area (Å²) in [4.78, 5) is 0. The number of fused-ring (bicyclic) bond motifs is 8. The minimum atomic E-state index is -0.0463. The summed E-state index contributed by atoms with van der Waals surface area (Å²) < 4.78 is 4.62. The molecule has 0 saturated heterocycles. The molecule has 0 fully saturated rings. The first kappa shape index (κ1) is 28.8. The van der Waals surface area contributed by atoms with Gasteiger partial charge in [-0.3, -0.25) is 0 Å². The number of hydrogen-bond donors (Lipinski definition) is 0. The smallest absolute Gasteiger partial charge is 0.234 e. The monoisotopic (exact) mass is 614 g/mol. The van der Waals surface area contributed by atoms with E-state index in [4.69, 9.17) is 10.2 Å². The van der Waals surface area contributed by atoms with Gasteiger partial charge in [-0.05, 0) is 84.7 Å². The molecule has 0 unspecified atom stereocenters. The lowest BCUT2D eigenvalue weighted by molar-refractivity contribution is 0.406. The average molecular weight is 615 g/mol. The van der Waals surface area contributed by atoms with E-state index in [0.29, 0.717) is 0 Å². The van der Waals surface area contributed by atoms with E-state index in [2.05, 4.69) is 144 Å². The van der Waals surface area contributed by atoms with Crippen molar-refractivity contribution < 1.29 is 0 Å². The molecule has 2 aromatic heterocycles. The predicted octanol–water partition coefficient (Wildman–Crippen LogP) is 8.29. The van der Waals surface area contributed by atoms with Crippen LogP contribution >= 0.6 is 0 Å². The van der Waals surface area contributed by atoms with Gasteiger partial charge in [0, 0.05) is 10.8 Å². The number of nitrogens with zero attached hydrogens (tertiary/aromatic N) is 4. The van der Waals surface area contributed by atoms with E-state index in [-0.39, 0.29) is 23.0 Å². The molecule has 47 heavy (non-hydrogen) atoms. The van der Waals surface area contributed by atoms with Crippen molar-refractivity contribution in [1.82, 2.24) is 19.6 Å². The van der Waals surface area contributed by atoms with Gasteiger partial charge in [-0.25, -0.2) is 9.36 Å². The lowest BCUT2D eigenvalue weighted by atomic mass is 9.34. The fraction of sp³-hybridized carbons (Fsp3) is 0.333. The van der Waals surface area contributed by atoms with Crippen LogP contribution in [0.2, 0.25) is 0 Å². The van der Waals surface area contributed by atoms with Crippen molar-refractivity contribution in [2.45, 2.75) is 80.6 Å². The van der Waals surface area contributed by atoms with Crippen LogP contribution in [0.1, 0.15) is 79.3 Å². The standard InChI is InChI=1S/C42H43BN4/c1-40(2,3)22-31-35-27-16-12-10-14-24(27)18-29-38(35)46(44-31)33-20-26(42(7,8)9)21-34-37(33)43(29)30-19-25-15-11-13-17-28(25)36-32(23-41(4,5)6)45-47(34)39(30)36/h10-21H,22-23H2,1-9H3. The van der Waals surface area contributed by atoms with E-state index in [0.717, 1.165) is 12.8 Å². The number of rotatable bonds is 2. The Kier molecular flexibility index (Phi) is 5.61. The maximum Gasteiger partial charge on any atom is 0.252 e. The molecule has 7 aromatic rings. The third kappa shape index (κ3) is 4.14. The lowest BCUT2D eigenvalue weighted by Gasteiger charge is -2.34. The fourth-order valence-electron chi connectivity index (χ4n) is 8.42. The van der Waals surface area contributed by atoms with Gasteiger partial charge in [-0.15, -0.1) is 0 Å². The summed E-state index contributed by atoms with van der Waals surface area (Å²) in [6, 6.07) is 27.7. The summed E-state index contributed by atoms with van der Waals surface area (Å²) in [6.07, 6.45) is 1.82. The molecule has 2 aliphatic heterocycles. The van der Waals surface area contributed by atoms with Crippen LogP contribution in [0.25, 0.3) is 54.7 Å². The number of benzene rings is 5. The first-order valence-electron chi connectivity index (χ1n) is 17.2. The van der Waals surface area contributed by atoms with Crippen molar-refractivity contribution in [3.63, 3.8) is 0 Å². The molecular formula is C42H43BN4. The van der Waals surface area contributed by atoms with Crippen LogP contribution in [0, 0.1) is 10.8 Å². The van der Waals surface area contributed by atoms with Crippen molar-refractivity contribution in [1.29, 1.82) is 0 Å². The zero-order valence-corrected chi connectivity index (χ0v) is 29.2. The van der Waals surface area contributed by atoms with E-state index in [1.165, 1.54) is 88.1 Å². The van der Waals surface area contributed by atoms with Gasteiger partial charge in [0.05, 0.1) is 33.8 Å². The number of aromatic nitrogens is 4. The molecular weight excluding hydrogens is 571 g/mol. The van der Waals surface area contributed by atoms with Crippen LogP contribution in [-0.2, 0) is 18.3 Å². The Morgan fingerprint density at radius 2 is 1.00 bits per heavy atom. The van der Waals surface area contributed by atoms with Gasteiger partial charge in [-0.2, -0.15) is 10.2 Å². The SMILES string of the molecule is CC(C)(C)Cc1nn2c3c(cc4ccccc4c13)B1c3c-2cc(C(C)(C)C)cc3-n2nc(CC(C)(C)C)c3c4ccccc4cc1c32. The Balaban J connectivity index is 1.50. The second-order valence-corrected chi connectivity index (χ2v) is 17.6. The Morgan fingerprint density at radius 3 is 1.40 bits per heavy atom. The Morgan fingerprint density at radius 1 is 0.574 bits per heavy atom. The second-order valence-electron chi connectivity index (χ2n) is 17.6. The van der Waals surface area contributed by atoms with Crippen LogP contribution in [-0.4, -0.2) is 26.3 Å². The quantitative estimate of drug-likeness (QED) is 0.184. The average Bonchev–Trinajstić information content (AvgIpc) is 3.54. The van der Waals surface area contributed by atoms with Gasteiger partial charge in [0.15, 0.2) is 0 Å². The van der Waals surface area contributed by atoms with Crippen molar-refractivity contribution >= 4 is 66.5 Å². The van der Waals surface area contributed by atoms with Gasteiger partial charge < -0.3 is 0 Å². The van der Waals surface area contributed by atoms with E-state index >= 15 is 0 Å². The van der Waals surface area contributed by atoms with Crippen molar-refractivity contribution in [2.75, 3.05) is 0 Å². The molecule has 4 nitrogen and oxygen atoms in total. The molecule has 0 bridgehead atoms. The molecule has 2 aliphatic rings.